The van der Waals surface area contributed by atoms with Crippen LogP contribution in [0, 0.1) is 0 Å². The van der Waals surface area contributed by atoms with Gasteiger partial charge in [-0.1, -0.05) is 0 Å². The maximum absolute atomic E-state index is 12.5. The summed E-state index contributed by atoms with van der Waals surface area (Å²) in [6.07, 6.45) is -4.52. The first kappa shape index (κ1) is 17.5. The Labute approximate surface area is 123 Å². The maximum atomic E-state index is 12.5. The minimum absolute atomic E-state index is 0.0226. The number of benzene rings is 1. The summed E-state index contributed by atoms with van der Waals surface area (Å²) in [5, 5.41) is 1.68. The van der Waals surface area contributed by atoms with E-state index in [1.165, 1.54) is 6.92 Å². The van der Waals surface area contributed by atoms with Crippen molar-refractivity contribution >= 4 is 22.4 Å². The van der Waals surface area contributed by atoms with Crippen molar-refractivity contribution in [2.24, 2.45) is 0 Å². The van der Waals surface area contributed by atoms with E-state index in [1.54, 1.807) is 13.8 Å². The lowest BCUT2D eigenvalue weighted by molar-refractivity contribution is -0.137. The quantitative estimate of drug-likeness (QED) is 0.836. The topological polar surface area (TPSA) is 72.2 Å². The first-order valence-electron chi connectivity index (χ1n) is 6.21. The van der Waals surface area contributed by atoms with E-state index in [0.29, 0.717) is 0 Å². The number of hydrogen-bond donors (Lipinski definition) is 2. The molecule has 118 valence electrons. The Morgan fingerprint density at radius 2 is 1.86 bits per heavy atom. The summed E-state index contributed by atoms with van der Waals surface area (Å²) in [5.41, 5.74) is 4.37. The monoisotopic (exact) mass is 322 g/mol. The lowest BCUT2D eigenvalue weighted by Crippen LogP contribution is -2.39. The minimum atomic E-state index is -4.52. The van der Waals surface area contributed by atoms with E-state index in [9.17, 15) is 22.2 Å². The highest BCUT2D eigenvalue weighted by Gasteiger charge is 2.32. The molecule has 0 saturated heterocycles. The van der Waals surface area contributed by atoms with Crippen LogP contribution in [0.15, 0.2) is 23.1 Å². The zero-order valence-corrected chi connectivity index (χ0v) is 12.6. The molecule has 1 amide bonds. The summed E-state index contributed by atoms with van der Waals surface area (Å²) in [5.74, 6) is -0.442. The Hall–Kier alpha value is -1.57. The van der Waals surface area contributed by atoms with Crippen LogP contribution in [0.25, 0.3) is 0 Å². The fourth-order valence-corrected chi connectivity index (χ4v) is 2.73. The van der Waals surface area contributed by atoms with Crippen LogP contribution in [0.5, 0.6) is 0 Å². The molecule has 3 N–H and O–H groups in total. The van der Waals surface area contributed by atoms with Crippen LogP contribution in [0.2, 0.25) is 0 Å². The number of hydrogen-bond acceptors (Lipinski definition) is 3. The van der Waals surface area contributed by atoms with Gasteiger partial charge < -0.3 is 11.1 Å². The van der Waals surface area contributed by atoms with Gasteiger partial charge in [0.2, 0.25) is 5.91 Å². The standard InChI is InChI=1S/C13H17F3N2O2S/c1-7(2)18-12(19)8(3)21(20)11-5-4-9(6-10(11)17)13(14,15)16/h4-8H,17H2,1-3H3,(H,18,19). The number of carbonyl (C=O) groups excluding carboxylic acids is 1. The normalized spacial score (nSPS) is 14.8. The van der Waals surface area contributed by atoms with Crippen molar-refractivity contribution in [3.8, 4) is 0 Å². The molecule has 0 fully saturated rings. The molecule has 0 aliphatic rings. The second-order valence-electron chi connectivity index (χ2n) is 4.85. The van der Waals surface area contributed by atoms with E-state index in [4.69, 9.17) is 5.73 Å². The molecule has 0 aromatic heterocycles. The van der Waals surface area contributed by atoms with Gasteiger partial charge in [0, 0.05) is 11.7 Å². The smallest absolute Gasteiger partial charge is 0.398 e. The van der Waals surface area contributed by atoms with Crippen molar-refractivity contribution in [3.05, 3.63) is 23.8 Å². The first-order chi connectivity index (χ1) is 9.54. The van der Waals surface area contributed by atoms with Crippen LogP contribution < -0.4 is 11.1 Å². The maximum Gasteiger partial charge on any atom is 0.416 e. The van der Waals surface area contributed by atoms with Gasteiger partial charge in [-0.05, 0) is 39.0 Å². The molecule has 4 nitrogen and oxygen atoms in total. The molecule has 0 aliphatic carbocycles. The van der Waals surface area contributed by atoms with Crippen LogP contribution in [0.4, 0.5) is 18.9 Å². The average Bonchev–Trinajstić information content (AvgIpc) is 2.35. The minimum Gasteiger partial charge on any atom is -0.398 e. The highest BCUT2D eigenvalue weighted by Crippen LogP contribution is 2.32. The van der Waals surface area contributed by atoms with Gasteiger partial charge in [-0.25, -0.2) is 0 Å². The van der Waals surface area contributed by atoms with Gasteiger partial charge in [-0.15, -0.1) is 0 Å². The number of nitrogens with two attached hydrogens (primary N) is 1. The van der Waals surface area contributed by atoms with Crippen molar-refractivity contribution in [2.45, 2.75) is 43.1 Å². The number of anilines is 1. The predicted molar refractivity (Wildman–Crippen MR) is 75.0 cm³/mol. The molecule has 8 heteroatoms. The van der Waals surface area contributed by atoms with E-state index in [-0.39, 0.29) is 16.6 Å². The van der Waals surface area contributed by atoms with Crippen LogP contribution in [0.3, 0.4) is 0 Å². The summed E-state index contributed by atoms with van der Waals surface area (Å²) < 4.78 is 49.8. The Morgan fingerprint density at radius 1 is 1.29 bits per heavy atom. The highest BCUT2D eigenvalue weighted by atomic mass is 32.2. The summed E-state index contributed by atoms with van der Waals surface area (Å²) in [7, 11) is -1.83. The molecule has 0 spiro atoms. The molecule has 1 aromatic carbocycles. The van der Waals surface area contributed by atoms with Gasteiger partial charge in [-0.3, -0.25) is 9.00 Å². The lowest BCUT2D eigenvalue weighted by atomic mass is 10.2. The van der Waals surface area contributed by atoms with Crippen molar-refractivity contribution in [1.29, 1.82) is 0 Å². The van der Waals surface area contributed by atoms with Crippen LogP contribution in [-0.2, 0) is 21.8 Å². The Bertz CT molecular complexity index is 559. The molecule has 0 heterocycles. The zero-order chi connectivity index (χ0) is 16.4. The second kappa shape index (κ2) is 6.46. The van der Waals surface area contributed by atoms with E-state index >= 15 is 0 Å². The van der Waals surface area contributed by atoms with Gasteiger partial charge in [0.25, 0.3) is 0 Å². The van der Waals surface area contributed by atoms with Gasteiger partial charge in [0.05, 0.1) is 21.3 Å². The van der Waals surface area contributed by atoms with Crippen molar-refractivity contribution in [1.82, 2.24) is 5.32 Å². The summed E-state index contributed by atoms with van der Waals surface area (Å²) >= 11 is 0. The molecule has 21 heavy (non-hydrogen) atoms. The molecule has 1 rings (SSSR count). The van der Waals surface area contributed by atoms with Gasteiger partial charge in [0.15, 0.2) is 0 Å². The van der Waals surface area contributed by atoms with E-state index < -0.39 is 33.7 Å². The van der Waals surface area contributed by atoms with Crippen molar-refractivity contribution in [3.63, 3.8) is 0 Å². The molecule has 1 aromatic rings. The SMILES string of the molecule is CC(C)NC(=O)C(C)S(=O)c1ccc(C(F)(F)F)cc1N. The predicted octanol–water partition coefficient (Wildman–Crippen LogP) is 2.31. The molecule has 0 radical (unpaired) electrons. The van der Waals surface area contributed by atoms with Crippen LogP contribution in [0.1, 0.15) is 26.3 Å². The number of alkyl halides is 3. The van der Waals surface area contributed by atoms with E-state index in [0.717, 1.165) is 18.2 Å². The summed E-state index contributed by atoms with van der Waals surface area (Å²) in [4.78, 5) is 11.8. The Morgan fingerprint density at radius 3 is 2.29 bits per heavy atom. The first-order valence-corrected chi connectivity index (χ1v) is 7.43. The highest BCUT2D eigenvalue weighted by molar-refractivity contribution is 7.86. The fourth-order valence-electron chi connectivity index (χ4n) is 1.60. The Balaban J connectivity index is 3.01. The van der Waals surface area contributed by atoms with Gasteiger partial charge >= 0.3 is 6.18 Å². The third kappa shape index (κ3) is 4.45. The number of halogens is 3. The second-order valence-corrected chi connectivity index (χ2v) is 6.60. The molecule has 2 unspecified atom stereocenters. The molecule has 0 saturated carbocycles. The van der Waals surface area contributed by atoms with E-state index in [2.05, 4.69) is 5.32 Å². The number of nitrogens with one attached hydrogen (secondary N) is 1. The molecule has 0 aliphatic heterocycles. The number of amides is 1. The van der Waals surface area contributed by atoms with Crippen LogP contribution >= 0.6 is 0 Å². The van der Waals surface area contributed by atoms with Crippen molar-refractivity contribution in [2.75, 3.05) is 5.73 Å². The average molecular weight is 322 g/mol. The zero-order valence-electron chi connectivity index (χ0n) is 11.8. The molecule has 2 atom stereocenters. The van der Waals surface area contributed by atoms with Crippen LogP contribution in [-0.4, -0.2) is 21.4 Å². The van der Waals surface area contributed by atoms with Crippen molar-refractivity contribution < 1.29 is 22.2 Å². The molecular formula is C13H17F3N2O2S. The third-order valence-electron chi connectivity index (χ3n) is 2.68. The lowest BCUT2D eigenvalue weighted by Gasteiger charge is -2.16. The summed E-state index contributed by atoms with van der Waals surface area (Å²) in [6.45, 7) is 4.94. The largest absolute Gasteiger partial charge is 0.416 e. The van der Waals surface area contributed by atoms with Gasteiger partial charge in [-0.2, -0.15) is 13.2 Å². The fraction of sp³-hybridized carbons (Fsp3) is 0.462. The third-order valence-corrected chi connectivity index (χ3v) is 4.34. The Kier molecular flexibility index (Phi) is 5.38. The summed E-state index contributed by atoms with van der Waals surface area (Å²) in [6, 6.07) is 2.45. The van der Waals surface area contributed by atoms with E-state index in [1.807, 2.05) is 0 Å². The number of nitrogen functional groups attached to an aromatic ring is 1. The molecular weight excluding hydrogens is 305 g/mol. The number of rotatable bonds is 4. The molecule has 0 bridgehead atoms. The number of carbonyl (C=O) groups is 1. The van der Waals surface area contributed by atoms with Gasteiger partial charge in [0.1, 0.15) is 5.25 Å².